The van der Waals surface area contributed by atoms with Crippen LogP contribution >= 0.6 is 0 Å². The third-order valence-electron chi connectivity index (χ3n) is 3.97. The summed E-state index contributed by atoms with van der Waals surface area (Å²) in [6.45, 7) is -0.476. The summed E-state index contributed by atoms with van der Waals surface area (Å²) in [5.74, 6) is -0.727. The largest absolute Gasteiger partial charge is 0.488 e. The minimum Gasteiger partial charge on any atom is -0.488 e. The number of fused-ring (bicyclic) bond motifs is 1. The molecule has 1 atom stereocenters. The highest BCUT2D eigenvalue weighted by Gasteiger charge is 2.29. The highest BCUT2D eigenvalue weighted by atomic mass is 19.3. The van der Waals surface area contributed by atoms with Gasteiger partial charge in [0.15, 0.2) is 0 Å². The molecular formula is C18H17F2N3O3. The number of carbonyl (C=O) groups excluding carboxylic acids is 2. The molecule has 1 aromatic heterocycles. The number of para-hydroxylation sites is 1. The first-order valence-electron chi connectivity index (χ1n) is 8.09. The highest BCUT2D eigenvalue weighted by Crippen LogP contribution is 2.33. The van der Waals surface area contributed by atoms with Crippen molar-refractivity contribution < 1.29 is 23.1 Å². The van der Waals surface area contributed by atoms with Crippen molar-refractivity contribution in [2.24, 2.45) is 0 Å². The first-order valence-corrected chi connectivity index (χ1v) is 8.09. The molecule has 0 fully saturated rings. The molecule has 2 amide bonds. The quantitative estimate of drug-likeness (QED) is 0.794. The van der Waals surface area contributed by atoms with E-state index in [0.29, 0.717) is 6.42 Å². The zero-order valence-electron chi connectivity index (χ0n) is 13.7. The van der Waals surface area contributed by atoms with Gasteiger partial charge in [-0.25, -0.2) is 8.78 Å². The fourth-order valence-corrected chi connectivity index (χ4v) is 2.77. The number of hydrogen-bond donors (Lipinski definition) is 2. The van der Waals surface area contributed by atoms with Crippen molar-refractivity contribution in [3.8, 4) is 5.75 Å². The lowest BCUT2D eigenvalue weighted by Gasteiger charge is -2.10. The van der Waals surface area contributed by atoms with Gasteiger partial charge in [0.1, 0.15) is 18.1 Å². The molecule has 26 heavy (non-hydrogen) atoms. The summed E-state index contributed by atoms with van der Waals surface area (Å²) in [7, 11) is 0. The summed E-state index contributed by atoms with van der Waals surface area (Å²) in [6, 6.07) is 10.1. The van der Waals surface area contributed by atoms with Gasteiger partial charge in [-0.05, 0) is 24.1 Å². The zero-order valence-corrected chi connectivity index (χ0v) is 13.7. The molecule has 2 heterocycles. The van der Waals surface area contributed by atoms with Gasteiger partial charge >= 0.3 is 0 Å². The molecular weight excluding hydrogens is 344 g/mol. The molecule has 1 unspecified atom stereocenters. The first-order chi connectivity index (χ1) is 12.5. The van der Waals surface area contributed by atoms with Gasteiger partial charge in [-0.2, -0.15) is 0 Å². The summed E-state index contributed by atoms with van der Waals surface area (Å²) in [4.78, 5) is 28.1. The molecule has 1 aliphatic rings. The van der Waals surface area contributed by atoms with Crippen LogP contribution in [-0.4, -0.2) is 36.4 Å². The Hall–Kier alpha value is -3.03. The molecule has 0 radical (unpaired) electrons. The van der Waals surface area contributed by atoms with E-state index in [2.05, 4.69) is 15.6 Å². The Labute approximate surface area is 148 Å². The number of pyridine rings is 1. The Morgan fingerprint density at radius 3 is 2.92 bits per heavy atom. The van der Waals surface area contributed by atoms with Crippen molar-refractivity contribution in [3.05, 3.63) is 53.9 Å². The summed E-state index contributed by atoms with van der Waals surface area (Å²) >= 11 is 0. The number of amides is 2. The van der Waals surface area contributed by atoms with Gasteiger partial charge in [0.2, 0.25) is 5.91 Å². The Bertz CT molecular complexity index is 814. The van der Waals surface area contributed by atoms with Crippen LogP contribution in [0.4, 0.5) is 14.5 Å². The van der Waals surface area contributed by atoms with E-state index < -0.39 is 18.9 Å². The van der Waals surface area contributed by atoms with E-state index in [-0.39, 0.29) is 29.8 Å². The number of halogens is 2. The number of carbonyl (C=O) groups is 2. The van der Waals surface area contributed by atoms with E-state index in [9.17, 15) is 18.4 Å². The van der Waals surface area contributed by atoms with Gasteiger partial charge < -0.3 is 15.4 Å². The Morgan fingerprint density at radius 1 is 1.31 bits per heavy atom. The van der Waals surface area contributed by atoms with Crippen molar-refractivity contribution in [3.63, 3.8) is 0 Å². The lowest BCUT2D eigenvalue weighted by molar-refractivity contribution is -0.117. The number of nitrogens with one attached hydrogen (secondary N) is 2. The smallest absolute Gasteiger partial charge is 0.272 e. The normalized spacial score (nSPS) is 15.5. The fourth-order valence-electron chi connectivity index (χ4n) is 2.77. The summed E-state index contributed by atoms with van der Waals surface area (Å²) in [6.07, 6.45) is -0.840. The minimum absolute atomic E-state index is 0.0630. The van der Waals surface area contributed by atoms with Gasteiger partial charge in [-0.1, -0.05) is 18.2 Å². The molecule has 0 bridgehead atoms. The van der Waals surface area contributed by atoms with Crippen LogP contribution in [0.1, 0.15) is 28.4 Å². The molecule has 136 valence electrons. The summed E-state index contributed by atoms with van der Waals surface area (Å²) in [5.41, 5.74) is 1.76. The van der Waals surface area contributed by atoms with Crippen LogP contribution in [0.15, 0.2) is 42.6 Å². The lowest BCUT2D eigenvalue weighted by atomic mass is 9.97. The number of ether oxygens (including phenoxy) is 1. The summed E-state index contributed by atoms with van der Waals surface area (Å²) in [5, 5.41) is 5.49. The molecule has 0 saturated heterocycles. The van der Waals surface area contributed by atoms with Crippen molar-refractivity contribution >= 4 is 17.5 Å². The van der Waals surface area contributed by atoms with Gasteiger partial charge in [0.25, 0.3) is 12.3 Å². The van der Waals surface area contributed by atoms with E-state index in [0.717, 1.165) is 11.3 Å². The first kappa shape index (κ1) is 17.8. The second-order valence-corrected chi connectivity index (χ2v) is 5.75. The predicted octanol–water partition coefficient (Wildman–Crippen LogP) is 2.58. The number of benzene rings is 1. The number of hydrogen-bond acceptors (Lipinski definition) is 4. The highest BCUT2D eigenvalue weighted by molar-refractivity contribution is 6.02. The third kappa shape index (κ3) is 4.14. The Kier molecular flexibility index (Phi) is 5.40. The number of alkyl halides is 2. The SMILES string of the molecule is O=C(NCCC1C(=O)Nc2ccccc21)c1cc(OCC(F)F)ccn1. The van der Waals surface area contributed by atoms with Crippen LogP contribution in [0.5, 0.6) is 5.75 Å². The third-order valence-corrected chi connectivity index (χ3v) is 3.97. The van der Waals surface area contributed by atoms with Crippen LogP contribution in [-0.2, 0) is 4.79 Å². The van der Waals surface area contributed by atoms with Crippen LogP contribution in [0.3, 0.4) is 0 Å². The standard InChI is InChI=1S/C18H17F2N3O3/c19-16(20)10-26-11-5-7-21-15(9-11)18(25)22-8-6-13-12-3-1-2-4-14(12)23-17(13)24/h1-5,7,9,13,16H,6,8,10H2,(H,22,25)(H,23,24). The van der Waals surface area contributed by atoms with E-state index in [1.54, 1.807) is 0 Å². The maximum Gasteiger partial charge on any atom is 0.272 e. The maximum absolute atomic E-state index is 12.2. The molecule has 2 aromatic rings. The van der Waals surface area contributed by atoms with E-state index >= 15 is 0 Å². The average molecular weight is 361 g/mol. The van der Waals surface area contributed by atoms with Crippen molar-refractivity contribution in [1.82, 2.24) is 10.3 Å². The van der Waals surface area contributed by atoms with Crippen LogP contribution in [0.25, 0.3) is 0 Å². The van der Waals surface area contributed by atoms with Crippen LogP contribution in [0, 0.1) is 0 Å². The van der Waals surface area contributed by atoms with Crippen molar-refractivity contribution in [2.45, 2.75) is 18.8 Å². The van der Waals surface area contributed by atoms with E-state index in [1.165, 1.54) is 18.3 Å². The number of rotatable bonds is 7. The number of anilines is 1. The Balaban J connectivity index is 1.55. The summed E-state index contributed by atoms with van der Waals surface area (Å²) < 4.78 is 29.2. The second kappa shape index (κ2) is 7.90. The predicted molar refractivity (Wildman–Crippen MR) is 90.5 cm³/mol. The van der Waals surface area contributed by atoms with Gasteiger partial charge in [0.05, 0.1) is 5.92 Å². The molecule has 6 nitrogen and oxygen atoms in total. The number of aromatic nitrogens is 1. The van der Waals surface area contributed by atoms with Crippen LogP contribution in [0.2, 0.25) is 0 Å². The zero-order chi connectivity index (χ0) is 18.5. The van der Waals surface area contributed by atoms with Gasteiger partial charge in [0, 0.05) is 24.5 Å². The van der Waals surface area contributed by atoms with Gasteiger partial charge in [-0.3, -0.25) is 14.6 Å². The molecule has 8 heteroatoms. The molecule has 1 aliphatic heterocycles. The van der Waals surface area contributed by atoms with Gasteiger partial charge in [-0.15, -0.1) is 0 Å². The molecule has 2 N–H and O–H groups in total. The average Bonchev–Trinajstić information content (AvgIpc) is 2.95. The molecule has 0 spiro atoms. The second-order valence-electron chi connectivity index (χ2n) is 5.75. The fraction of sp³-hybridized carbons (Fsp3) is 0.278. The maximum atomic E-state index is 12.2. The molecule has 0 aliphatic carbocycles. The molecule has 1 aromatic carbocycles. The topological polar surface area (TPSA) is 80.3 Å². The minimum atomic E-state index is -2.60. The van der Waals surface area contributed by atoms with Crippen molar-refractivity contribution in [1.29, 1.82) is 0 Å². The lowest BCUT2D eigenvalue weighted by Crippen LogP contribution is -2.27. The van der Waals surface area contributed by atoms with E-state index in [4.69, 9.17) is 4.74 Å². The number of nitrogens with zero attached hydrogens (tertiary/aromatic N) is 1. The monoisotopic (exact) mass is 361 g/mol. The Morgan fingerprint density at radius 2 is 2.12 bits per heavy atom. The van der Waals surface area contributed by atoms with E-state index in [1.807, 2.05) is 24.3 Å². The molecule has 3 rings (SSSR count). The van der Waals surface area contributed by atoms with Crippen molar-refractivity contribution in [2.75, 3.05) is 18.5 Å². The van der Waals surface area contributed by atoms with Crippen LogP contribution < -0.4 is 15.4 Å². The molecule has 0 saturated carbocycles.